The van der Waals surface area contributed by atoms with Crippen LogP contribution in [0.25, 0.3) is 0 Å². The van der Waals surface area contributed by atoms with E-state index < -0.39 is 11.9 Å². The Kier molecular flexibility index (Phi) is 4.06. The average molecular weight is 362 g/mol. The van der Waals surface area contributed by atoms with E-state index >= 15 is 0 Å². The molecule has 0 bridgehead atoms. The van der Waals surface area contributed by atoms with E-state index in [-0.39, 0.29) is 25.0 Å². The molecule has 0 spiro atoms. The first-order valence-corrected chi connectivity index (χ1v) is 8.93. The number of rotatable bonds is 4. The minimum atomic E-state index is -0.639. The highest BCUT2D eigenvalue weighted by atomic mass is 16.7. The van der Waals surface area contributed by atoms with Gasteiger partial charge in [-0.05, 0) is 11.6 Å². The molecule has 3 aliphatic heterocycles. The Balaban J connectivity index is 1.75. The van der Waals surface area contributed by atoms with Gasteiger partial charge < -0.3 is 23.4 Å². The van der Waals surface area contributed by atoms with Crippen molar-refractivity contribution >= 4 is 11.8 Å². The molecular formula is C19H24NO6+. The van der Waals surface area contributed by atoms with Gasteiger partial charge in [0.05, 0.1) is 46.3 Å². The first kappa shape index (κ1) is 17.1. The molecule has 2 atom stereocenters. The molecular weight excluding hydrogens is 338 g/mol. The van der Waals surface area contributed by atoms with Gasteiger partial charge in [-0.25, -0.2) is 0 Å². The second-order valence-corrected chi connectivity index (χ2v) is 7.66. The molecule has 0 aromatic heterocycles. The Bertz CT molecular complexity index is 772. The fourth-order valence-electron chi connectivity index (χ4n) is 4.24. The van der Waals surface area contributed by atoms with Crippen LogP contribution in [-0.2, 0) is 20.7 Å². The van der Waals surface area contributed by atoms with Gasteiger partial charge in [0, 0.05) is 12.8 Å². The maximum atomic E-state index is 12.8. The van der Waals surface area contributed by atoms with Crippen molar-refractivity contribution in [3.05, 3.63) is 17.2 Å². The number of nitrogens with zero attached hydrogens (tertiary/aromatic N) is 1. The molecule has 3 aliphatic rings. The Morgan fingerprint density at radius 3 is 2.81 bits per heavy atom. The van der Waals surface area contributed by atoms with Gasteiger partial charge in [-0.1, -0.05) is 0 Å². The molecule has 0 N–H and O–H groups in total. The van der Waals surface area contributed by atoms with Crippen molar-refractivity contribution in [2.24, 2.45) is 5.92 Å². The monoisotopic (exact) mass is 362 g/mol. The number of methoxy groups -OCH3 is 1. The van der Waals surface area contributed by atoms with E-state index in [1.807, 2.05) is 6.07 Å². The summed E-state index contributed by atoms with van der Waals surface area (Å²) in [4.78, 5) is 24.7. The molecule has 1 aromatic carbocycles. The molecule has 1 fully saturated rings. The summed E-state index contributed by atoms with van der Waals surface area (Å²) in [5.74, 6) is 0.849. The van der Waals surface area contributed by atoms with Crippen LogP contribution in [0, 0.1) is 5.92 Å². The first-order valence-electron chi connectivity index (χ1n) is 8.93. The molecule has 3 heterocycles. The van der Waals surface area contributed by atoms with E-state index in [4.69, 9.17) is 18.9 Å². The van der Waals surface area contributed by atoms with Gasteiger partial charge >= 0.3 is 5.97 Å². The molecule has 0 amide bonds. The highest BCUT2D eigenvalue weighted by Crippen LogP contribution is 2.51. The van der Waals surface area contributed by atoms with Gasteiger partial charge in [0.25, 0.3) is 0 Å². The number of benzene rings is 1. The van der Waals surface area contributed by atoms with Gasteiger partial charge in [-0.15, -0.1) is 0 Å². The summed E-state index contributed by atoms with van der Waals surface area (Å²) in [5, 5.41) is 0. The van der Waals surface area contributed by atoms with Crippen molar-refractivity contribution in [2.45, 2.75) is 25.3 Å². The summed E-state index contributed by atoms with van der Waals surface area (Å²) < 4.78 is 22.5. The van der Waals surface area contributed by atoms with Crippen molar-refractivity contribution in [1.82, 2.24) is 0 Å². The molecule has 7 heteroatoms. The van der Waals surface area contributed by atoms with E-state index in [2.05, 4.69) is 14.1 Å². The number of cyclic esters (lactones) is 1. The molecule has 0 unspecified atom stereocenters. The number of hydrogen-bond donors (Lipinski definition) is 0. The number of esters is 1. The Labute approximate surface area is 152 Å². The van der Waals surface area contributed by atoms with Gasteiger partial charge in [-0.3, -0.25) is 9.59 Å². The smallest absolute Gasteiger partial charge is 0.316 e. The molecule has 0 saturated carbocycles. The van der Waals surface area contributed by atoms with Crippen LogP contribution >= 0.6 is 0 Å². The van der Waals surface area contributed by atoms with Crippen LogP contribution in [0.15, 0.2) is 6.07 Å². The van der Waals surface area contributed by atoms with E-state index in [9.17, 15) is 9.59 Å². The van der Waals surface area contributed by atoms with Crippen molar-refractivity contribution in [1.29, 1.82) is 0 Å². The van der Waals surface area contributed by atoms with Gasteiger partial charge in [-0.2, -0.15) is 0 Å². The minimum absolute atomic E-state index is 0.0590. The maximum Gasteiger partial charge on any atom is 0.316 e. The van der Waals surface area contributed by atoms with Crippen LogP contribution in [0.1, 0.15) is 30.0 Å². The number of fused-ring (bicyclic) bond motifs is 2. The number of ketones is 1. The maximum absolute atomic E-state index is 12.8. The predicted octanol–water partition coefficient (Wildman–Crippen LogP) is 1.62. The van der Waals surface area contributed by atoms with Crippen LogP contribution in [-0.4, -0.2) is 57.4 Å². The Morgan fingerprint density at radius 1 is 1.31 bits per heavy atom. The molecule has 26 heavy (non-hydrogen) atoms. The van der Waals surface area contributed by atoms with Crippen LogP contribution in [0.3, 0.4) is 0 Å². The third-order valence-electron chi connectivity index (χ3n) is 5.80. The third-order valence-corrected chi connectivity index (χ3v) is 5.80. The molecule has 4 rings (SSSR count). The molecule has 1 saturated heterocycles. The van der Waals surface area contributed by atoms with Crippen LogP contribution in [0.5, 0.6) is 17.2 Å². The lowest BCUT2D eigenvalue weighted by atomic mass is 9.84. The number of carbonyl (C=O) groups is 2. The molecule has 7 nitrogen and oxygen atoms in total. The highest BCUT2D eigenvalue weighted by Gasteiger charge is 2.44. The molecule has 140 valence electrons. The van der Waals surface area contributed by atoms with Crippen LogP contribution < -0.4 is 14.2 Å². The number of carbonyl (C=O) groups excluding carboxylic acids is 2. The Hall–Kier alpha value is -2.28. The second kappa shape index (κ2) is 6.16. The molecule has 0 aliphatic carbocycles. The normalized spacial score (nSPS) is 25.6. The fraction of sp³-hybridized carbons (Fsp3) is 0.579. The largest absolute Gasteiger partial charge is 0.492 e. The van der Waals surface area contributed by atoms with E-state index in [0.29, 0.717) is 34.8 Å². The van der Waals surface area contributed by atoms with E-state index in [1.165, 1.54) is 0 Å². The minimum Gasteiger partial charge on any atom is -0.492 e. The summed E-state index contributed by atoms with van der Waals surface area (Å²) in [6, 6.07) is 1.89. The number of Topliss-reactive ketones (excluding diaryl/α,β-unsaturated/α-hetero) is 1. The lowest BCUT2D eigenvalue weighted by molar-refractivity contribution is -0.922. The molecule has 1 aromatic rings. The summed E-state index contributed by atoms with van der Waals surface area (Å²) in [6.07, 6.45) is 1.62. The van der Waals surface area contributed by atoms with Crippen molar-refractivity contribution in [2.75, 3.05) is 41.1 Å². The predicted molar refractivity (Wildman–Crippen MR) is 91.2 cm³/mol. The Morgan fingerprint density at radius 2 is 2.12 bits per heavy atom. The summed E-state index contributed by atoms with van der Waals surface area (Å²) in [7, 11) is 5.83. The van der Waals surface area contributed by atoms with Gasteiger partial charge in [0.1, 0.15) is 12.0 Å². The van der Waals surface area contributed by atoms with Crippen molar-refractivity contribution < 1.29 is 33.0 Å². The summed E-state index contributed by atoms with van der Waals surface area (Å²) in [6.45, 7) is 1.39. The molecule has 0 radical (unpaired) electrons. The van der Waals surface area contributed by atoms with Crippen molar-refractivity contribution in [3.63, 3.8) is 0 Å². The van der Waals surface area contributed by atoms with Crippen molar-refractivity contribution in [3.8, 4) is 17.2 Å². The SMILES string of the molecule is COc1c2c(cc3c1[C@H](CC(=O)[C@@H]1CCOC1=O)[N+](C)(C)CC3)OCO2. The topological polar surface area (TPSA) is 71.1 Å². The van der Waals surface area contributed by atoms with Crippen LogP contribution in [0.2, 0.25) is 0 Å². The summed E-state index contributed by atoms with van der Waals surface area (Å²) in [5.41, 5.74) is 2.11. The van der Waals surface area contributed by atoms with E-state index in [1.54, 1.807) is 7.11 Å². The quantitative estimate of drug-likeness (QED) is 0.461. The number of likely N-dealkylation sites (N-methyl/N-ethyl adjacent to an activating group) is 1. The summed E-state index contributed by atoms with van der Waals surface area (Å²) >= 11 is 0. The third kappa shape index (κ3) is 2.61. The zero-order valence-electron chi connectivity index (χ0n) is 15.4. The number of hydrogen-bond acceptors (Lipinski definition) is 6. The van der Waals surface area contributed by atoms with Gasteiger partial charge in [0.15, 0.2) is 17.3 Å². The fourth-order valence-corrected chi connectivity index (χ4v) is 4.24. The van der Waals surface area contributed by atoms with Gasteiger partial charge in [0.2, 0.25) is 12.5 Å². The van der Waals surface area contributed by atoms with Crippen LogP contribution in [0.4, 0.5) is 0 Å². The van der Waals surface area contributed by atoms with E-state index in [0.717, 1.165) is 24.1 Å². The lowest BCUT2D eigenvalue weighted by Gasteiger charge is -2.43. The average Bonchev–Trinajstić information content (AvgIpc) is 3.24. The standard InChI is InChI=1S/C19H24NO6/c1-20(2)6-4-11-8-15-17(26-10-25-15)18(23-3)16(11)13(20)9-14(21)12-5-7-24-19(12)22/h8,12-13H,4-7,9-10H2,1-3H3/q+1/t12-,13-/m0/s1. The zero-order chi connectivity index (χ0) is 18.5. The first-order chi connectivity index (χ1) is 12.4. The highest BCUT2D eigenvalue weighted by molar-refractivity contribution is 6.00. The number of quaternary nitrogens is 1. The lowest BCUT2D eigenvalue weighted by Crippen LogP contribution is -2.49. The zero-order valence-corrected chi connectivity index (χ0v) is 15.4. The second-order valence-electron chi connectivity index (χ2n) is 7.66. The number of ether oxygens (including phenoxy) is 4.